The molecule has 31 heavy (non-hydrogen) atoms. The van der Waals surface area contributed by atoms with E-state index in [1.807, 2.05) is 24.3 Å². The second-order valence-electron chi connectivity index (χ2n) is 8.01. The molecule has 0 saturated carbocycles. The predicted molar refractivity (Wildman–Crippen MR) is 124 cm³/mol. The zero-order valence-corrected chi connectivity index (χ0v) is 19.1. The fourth-order valence-electron chi connectivity index (χ4n) is 4.01. The number of para-hydroxylation sites is 2. The highest BCUT2D eigenvalue weighted by molar-refractivity contribution is 7.89. The quantitative estimate of drug-likeness (QED) is 0.739. The topological polar surface area (TPSA) is 73.0 Å². The van der Waals surface area contributed by atoms with Gasteiger partial charge in [-0.2, -0.15) is 4.31 Å². The van der Waals surface area contributed by atoms with Gasteiger partial charge in [0.15, 0.2) is 0 Å². The molecule has 2 heterocycles. The van der Waals surface area contributed by atoms with Crippen LogP contribution in [0.25, 0.3) is 0 Å². The summed E-state index contributed by atoms with van der Waals surface area (Å²) in [6.45, 7) is 4.65. The van der Waals surface area contributed by atoms with Crippen LogP contribution in [-0.2, 0) is 10.0 Å². The minimum atomic E-state index is -3.63. The third kappa shape index (κ3) is 4.72. The first-order chi connectivity index (χ1) is 14.9. The van der Waals surface area contributed by atoms with Crippen LogP contribution in [0, 0.1) is 0 Å². The number of carbonyl (C=O) groups excluding carboxylic acids is 1. The molecule has 0 aliphatic carbocycles. The van der Waals surface area contributed by atoms with Crippen molar-refractivity contribution in [3.8, 4) is 0 Å². The van der Waals surface area contributed by atoms with Gasteiger partial charge in [0.05, 0.1) is 26.9 Å². The van der Waals surface area contributed by atoms with Crippen LogP contribution in [0.4, 0.5) is 11.4 Å². The van der Waals surface area contributed by atoms with Crippen LogP contribution in [0.1, 0.15) is 23.2 Å². The van der Waals surface area contributed by atoms with E-state index in [2.05, 4.69) is 22.2 Å². The molecule has 2 aliphatic rings. The van der Waals surface area contributed by atoms with Gasteiger partial charge in [-0.15, -0.1) is 0 Å². The summed E-state index contributed by atoms with van der Waals surface area (Å²) in [7, 11) is -1.54. The molecule has 2 aromatic rings. The highest BCUT2D eigenvalue weighted by Crippen LogP contribution is 2.29. The van der Waals surface area contributed by atoms with Crippen LogP contribution in [0.5, 0.6) is 0 Å². The number of hydrogen-bond acceptors (Lipinski definition) is 5. The van der Waals surface area contributed by atoms with Crippen molar-refractivity contribution in [2.24, 2.45) is 0 Å². The van der Waals surface area contributed by atoms with Gasteiger partial charge < -0.3 is 15.1 Å². The van der Waals surface area contributed by atoms with Crippen LogP contribution < -0.4 is 10.2 Å². The molecule has 0 atom stereocenters. The third-order valence-corrected chi connectivity index (χ3v) is 8.11. The van der Waals surface area contributed by atoms with Gasteiger partial charge in [0.1, 0.15) is 0 Å². The van der Waals surface area contributed by atoms with Gasteiger partial charge in [0.25, 0.3) is 5.91 Å². The van der Waals surface area contributed by atoms with Crippen molar-refractivity contribution in [2.45, 2.75) is 17.7 Å². The zero-order valence-electron chi connectivity index (χ0n) is 17.6. The molecular formula is C22H27ClN4O3S. The Balaban J connectivity index is 1.58. The molecule has 1 amide bonds. The van der Waals surface area contributed by atoms with Gasteiger partial charge in [0, 0.05) is 39.3 Å². The lowest BCUT2D eigenvalue weighted by Gasteiger charge is -2.35. The number of hydrogen-bond donors (Lipinski definition) is 1. The monoisotopic (exact) mass is 462 g/mol. The summed E-state index contributed by atoms with van der Waals surface area (Å²) in [5.41, 5.74) is 1.77. The number of sulfonamides is 1. The van der Waals surface area contributed by atoms with E-state index in [1.165, 1.54) is 22.5 Å². The smallest absolute Gasteiger partial charge is 0.257 e. The minimum absolute atomic E-state index is 0.0938. The SMILES string of the molecule is CN1CCN(c2ccccc2NC(=O)c2cc(S(=O)(=O)N3CCCC3)ccc2Cl)CC1. The Labute approximate surface area is 188 Å². The summed E-state index contributed by atoms with van der Waals surface area (Å²) in [5, 5.41) is 3.15. The molecule has 2 aliphatic heterocycles. The standard InChI is InChI=1S/C22H27ClN4O3S/c1-25-12-14-26(15-13-25)21-7-3-2-6-20(21)24-22(28)18-16-17(8-9-19(18)23)31(29,30)27-10-4-5-11-27/h2-3,6-9,16H,4-5,10-15H2,1H3,(H,24,28). The van der Waals surface area contributed by atoms with E-state index in [0.29, 0.717) is 18.8 Å². The molecule has 0 bridgehead atoms. The average Bonchev–Trinajstić information content (AvgIpc) is 3.31. The number of piperazine rings is 1. The Morgan fingerprint density at radius 2 is 1.65 bits per heavy atom. The number of amides is 1. The lowest BCUT2D eigenvalue weighted by atomic mass is 10.1. The minimum Gasteiger partial charge on any atom is -0.367 e. The van der Waals surface area contributed by atoms with Gasteiger partial charge in [-0.1, -0.05) is 23.7 Å². The van der Waals surface area contributed by atoms with E-state index in [1.54, 1.807) is 0 Å². The van der Waals surface area contributed by atoms with Crippen molar-refractivity contribution in [2.75, 3.05) is 56.5 Å². The number of halogens is 1. The molecule has 0 unspecified atom stereocenters. The summed E-state index contributed by atoms with van der Waals surface area (Å²) in [5.74, 6) is -0.426. The zero-order chi connectivity index (χ0) is 22.0. The van der Waals surface area contributed by atoms with E-state index < -0.39 is 15.9 Å². The average molecular weight is 463 g/mol. The maximum atomic E-state index is 13.1. The largest absolute Gasteiger partial charge is 0.367 e. The number of anilines is 2. The fraction of sp³-hybridized carbons (Fsp3) is 0.409. The van der Waals surface area contributed by atoms with Gasteiger partial charge >= 0.3 is 0 Å². The number of nitrogens with one attached hydrogen (secondary N) is 1. The van der Waals surface area contributed by atoms with E-state index in [4.69, 9.17) is 11.6 Å². The number of rotatable bonds is 5. The second kappa shape index (κ2) is 9.16. The summed E-state index contributed by atoms with van der Waals surface area (Å²) in [6.07, 6.45) is 1.70. The van der Waals surface area contributed by atoms with Gasteiger partial charge in [-0.25, -0.2) is 8.42 Å². The Bertz CT molecular complexity index is 1060. The fourth-order valence-corrected chi connectivity index (χ4v) is 5.76. The lowest BCUT2D eigenvalue weighted by molar-refractivity contribution is 0.102. The Morgan fingerprint density at radius 1 is 0.968 bits per heavy atom. The molecule has 2 saturated heterocycles. The van der Waals surface area contributed by atoms with Crippen LogP contribution in [0.3, 0.4) is 0 Å². The number of likely N-dealkylation sites (N-methyl/N-ethyl adjacent to an activating group) is 1. The molecule has 0 spiro atoms. The van der Waals surface area contributed by atoms with E-state index in [-0.39, 0.29) is 15.5 Å². The lowest BCUT2D eigenvalue weighted by Crippen LogP contribution is -2.44. The molecule has 0 radical (unpaired) electrons. The Hall–Kier alpha value is -2.13. The van der Waals surface area contributed by atoms with Gasteiger partial charge in [0.2, 0.25) is 10.0 Å². The summed E-state index contributed by atoms with van der Waals surface area (Å²) in [4.78, 5) is 17.7. The first-order valence-electron chi connectivity index (χ1n) is 10.5. The van der Waals surface area contributed by atoms with E-state index >= 15 is 0 Å². The van der Waals surface area contributed by atoms with Gasteiger partial charge in [-0.3, -0.25) is 4.79 Å². The Kier molecular flexibility index (Phi) is 6.52. The van der Waals surface area contributed by atoms with Crippen molar-refractivity contribution < 1.29 is 13.2 Å². The molecule has 2 aromatic carbocycles. The molecule has 4 rings (SSSR count). The molecule has 0 aromatic heterocycles. The highest BCUT2D eigenvalue weighted by Gasteiger charge is 2.28. The summed E-state index contributed by atoms with van der Waals surface area (Å²) < 4.78 is 27.3. The van der Waals surface area contributed by atoms with Crippen LogP contribution >= 0.6 is 11.6 Å². The summed E-state index contributed by atoms with van der Waals surface area (Å²) >= 11 is 6.29. The van der Waals surface area contributed by atoms with E-state index in [9.17, 15) is 13.2 Å². The number of carbonyl (C=O) groups is 1. The first-order valence-corrected chi connectivity index (χ1v) is 12.3. The van der Waals surface area contributed by atoms with Crippen LogP contribution in [0.2, 0.25) is 5.02 Å². The van der Waals surface area contributed by atoms with Crippen molar-refractivity contribution in [1.29, 1.82) is 0 Å². The molecule has 1 N–H and O–H groups in total. The van der Waals surface area contributed by atoms with Crippen molar-refractivity contribution in [3.05, 3.63) is 53.1 Å². The molecule has 166 valence electrons. The normalized spacial score (nSPS) is 18.3. The number of nitrogens with zero attached hydrogens (tertiary/aromatic N) is 3. The van der Waals surface area contributed by atoms with Crippen molar-refractivity contribution >= 4 is 38.9 Å². The maximum absolute atomic E-state index is 13.1. The Morgan fingerprint density at radius 3 is 2.35 bits per heavy atom. The number of benzene rings is 2. The van der Waals surface area contributed by atoms with Crippen LogP contribution in [0.15, 0.2) is 47.4 Å². The molecular weight excluding hydrogens is 436 g/mol. The van der Waals surface area contributed by atoms with Crippen LogP contribution in [-0.4, -0.2) is 69.8 Å². The van der Waals surface area contributed by atoms with Crippen molar-refractivity contribution in [1.82, 2.24) is 9.21 Å². The maximum Gasteiger partial charge on any atom is 0.257 e. The summed E-state index contributed by atoms with van der Waals surface area (Å²) in [6, 6.07) is 12.0. The van der Waals surface area contributed by atoms with Gasteiger partial charge in [-0.05, 0) is 50.2 Å². The predicted octanol–water partition coefficient (Wildman–Crippen LogP) is 3.13. The van der Waals surface area contributed by atoms with Crippen molar-refractivity contribution in [3.63, 3.8) is 0 Å². The third-order valence-electron chi connectivity index (χ3n) is 5.88. The molecule has 2 fully saturated rings. The van der Waals surface area contributed by atoms with E-state index in [0.717, 1.165) is 44.7 Å². The first kappa shape index (κ1) is 22.1. The molecule has 7 nitrogen and oxygen atoms in total. The molecule has 9 heteroatoms. The second-order valence-corrected chi connectivity index (χ2v) is 10.4. The highest BCUT2D eigenvalue weighted by atomic mass is 35.5.